The van der Waals surface area contributed by atoms with Crippen molar-refractivity contribution in [1.82, 2.24) is 4.98 Å². The van der Waals surface area contributed by atoms with Crippen LogP contribution in [-0.2, 0) is 9.59 Å². The van der Waals surface area contributed by atoms with Gasteiger partial charge in [-0.1, -0.05) is 30.4 Å². The highest BCUT2D eigenvalue weighted by atomic mass is 16.2. The first-order valence-electron chi connectivity index (χ1n) is 10.9. The molecule has 7 rings (SSSR count). The Hall–Kier alpha value is -3.80. The summed E-state index contributed by atoms with van der Waals surface area (Å²) in [6.45, 7) is 0. The molecule has 1 aromatic heterocycles. The minimum Gasteiger partial charge on any atom is -0.320 e. The van der Waals surface area contributed by atoms with Crippen LogP contribution in [0.4, 0.5) is 11.4 Å². The Morgan fingerprint density at radius 3 is 2.19 bits per heavy atom. The maximum absolute atomic E-state index is 13.1. The van der Waals surface area contributed by atoms with Crippen molar-refractivity contribution in [2.45, 2.75) is 12.8 Å². The molecular formula is C26H21N3O3. The number of para-hydroxylation sites is 1. The lowest BCUT2D eigenvalue weighted by Crippen LogP contribution is -2.38. The number of allylic oxidation sites excluding steroid dienone is 2. The normalized spacial score (nSPS) is 25.9. The van der Waals surface area contributed by atoms with E-state index in [0.29, 0.717) is 16.9 Å². The SMILES string of the molecule is O=C(Nc1cccc2cccnc12)c1ccc(N2C(=O)[C@@H]3[C@H](C2=O)[C@@H]2C=C[C@H]3CC2)cc1. The second-order valence-corrected chi connectivity index (χ2v) is 8.74. The monoisotopic (exact) mass is 423 g/mol. The number of fused-ring (bicyclic) bond motifs is 2. The van der Waals surface area contributed by atoms with Crippen LogP contribution in [-0.4, -0.2) is 22.7 Å². The number of nitrogens with zero attached hydrogens (tertiary/aromatic N) is 2. The van der Waals surface area contributed by atoms with Crippen molar-refractivity contribution < 1.29 is 14.4 Å². The third kappa shape index (κ3) is 2.79. The highest BCUT2D eigenvalue weighted by Gasteiger charge is 2.56. The summed E-state index contributed by atoms with van der Waals surface area (Å²) in [6.07, 6.45) is 7.85. The van der Waals surface area contributed by atoms with Crippen molar-refractivity contribution in [3.05, 3.63) is 78.5 Å². The molecule has 2 aromatic carbocycles. The van der Waals surface area contributed by atoms with Gasteiger partial charge in [0.05, 0.1) is 28.7 Å². The molecule has 2 heterocycles. The lowest BCUT2D eigenvalue weighted by Gasteiger charge is -2.38. The number of amides is 3. The molecule has 0 unspecified atom stereocenters. The van der Waals surface area contributed by atoms with Crippen LogP contribution in [0, 0.1) is 23.7 Å². The molecule has 6 nitrogen and oxygen atoms in total. The molecule has 3 amide bonds. The standard InChI is InChI=1S/C26H21N3O3/c30-24(28-20-5-1-3-17-4-2-14-27-23(17)20)18-10-12-19(13-11-18)29-25(31)21-15-6-7-16(9-8-15)22(21)26(29)32/h1-7,10-16,21-22H,8-9H2,(H,28,30)/t15-,16+,21-,22+. The second-order valence-electron chi connectivity index (χ2n) is 8.74. The largest absolute Gasteiger partial charge is 0.320 e. The number of benzene rings is 2. The van der Waals surface area contributed by atoms with Crippen LogP contribution in [0.5, 0.6) is 0 Å². The summed E-state index contributed by atoms with van der Waals surface area (Å²) in [7, 11) is 0. The molecule has 1 saturated heterocycles. The molecule has 4 aliphatic rings. The summed E-state index contributed by atoms with van der Waals surface area (Å²) in [6, 6.07) is 16.1. The van der Waals surface area contributed by atoms with Gasteiger partial charge in [-0.3, -0.25) is 24.3 Å². The average Bonchev–Trinajstić information content (AvgIpc) is 3.12. The Kier molecular flexibility index (Phi) is 4.21. The van der Waals surface area contributed by atoms with Gasteiger partial charge < -0.3 is 5.32 Å². The van der Waals surface area contributed by atoms with Crippen LogP contribution >= 0.6 is 0 Å². The number of hydrogen-bond acceptors (Lipinski definition) is 4. The van der Waals surface area contributed by atoms with E-state index in [1.165, 1.54) is 4.90 Å². The molecule has 4 atom stereocenters. The highest BCUT2D eigenvalue weighted by Crippen LogP contribution is 2.50. The van der Waals surface area contributed by atoms with Crippen molar-refractivity contribution in [2.75, 3.05) is 10.2 Å². The summed E-state index contributed by atoms with van der Waals surface area (Å²) < 4.78 is 0. The minimum absolute atomic E-state index is 0.113. The summed E-state index contributed by atoms with van der Waals surface area (Å²) in [5.41, 5.74) is 2.32. The number of hydrogen-bond donors (Lipinski definition) is 1. The van der Waals surface area contributed by atoms with Crippen LogP contribution < -0.4 is 10.2 Å². The van der Waals surface area contributed by atoms with Gasteiger partial charge in [-0.2, -0.15) is 0 Å². The van der Waals surface area contributed by atoms with E-state index in [-0.39, 0.29) is 41.4 Å². The van der Waals surface area contributed by atoms with Crippen molar-refractivity contribution >= 4 is 40.0 Å². The van der Waals surface area contributed by atoms with Crippen LogP contribution in [0.1, 0.15) is 23.2 Å². The molecule has 2 bridgehead atoms. The number of pyridine rings is 1. The van der Waals surface area contributed by atoms with Crippen LogP contribution in [0.25, 0.3) is 10.9 Å². The first-order chi connectivity index (χ1) is 15.6. The number of rotatable bonds is 3. The van der Waals surface area contributed by atoms with E-state index in [1.807, 2.05) is 30.3 Å². The van der Waals surface area contributed by atoms with Crippen LogP contribution in [0.3, 0.4) is 0 Å². The van der Waals surface area contributed by atoms with Gasteiger partial charge in [0.15, 0.2) is 0 Å². The molecule has 6 heteroatoms. The lowest BCUT2D eigenvalue weighted by atomic mass is 9.63. The molecule has 158 valence electrons. The van der Waals surface area contributed by atoms with E-state index >= 15 is 0 Å². The summed E-state index contributed by atoms with van der Waals surface area (Å²) in [5, 5.41) is 3.85. The Bertz CT molecular complexity index is 1260. The van der Waals surface area contributed by atoms with Gasteiger partial charge in [-0.05, 0) is 61.1 Å². The number of carbonyl (C=O) groups is 3. The summed E-state index contributed by atoms with van der Waals surface area (Å²) >= 11 is 0. The molecule has 2 fully saturated rings. The molecule has 1 aliphatic heterocycles. The molecule has 0 radical (unpaired) electrons. The molecule has 1 N–H and O–H groups in total. The zero-order valence-electron chi connectivity index (χ0n) is 17.3. The van der Waals surface area contributed by atoms with E-state index in [9.17, 15) is 14.4 Å². The van der Waals surface area contributed by atoms with Crippen LogP contribution in [0.2, 0.25) is 0 Å². The lowest BCUT2D eigenvalue weighted by molar-refractivity contribution is -0.124. The minimum atomic E-state index is -0.273. The summed E-state index contributed by atoms with van der Waals surface area (Å²) in [5.74, 6) is -0.668. The first kappa shape index (κ1) is 18.9. The Labute approximate surface area is 184 Å². The van der Waals surface area contributed by atoms with Gasteiger partial charge in [0, 0.05) is 17.1 Å². The first-order valence-corrected chi connectivity index (χ1v) is 10.9. The molecular weight excluding hydrogens is 402 g/mol. The number of carbonyl (C=O) groups excluding carboxylic acids is 3. The van der Waals surface area contributed by atoms with Crippen molar-refractivity contribution in [3.8, 4) is 0 Å². The van der Waals surface area contributed by atoms with Crippen molar-refractivity contribution in [1.29, 1.82) is 0 Å². The molecule has 1 saturated carbocycles. The Morgan fingerprint density at radius 1 is 0.875 bits per heavy atom. The number of imide groups is 1. The molecule has 0 spiro atoms. The van der Waals surface area contributed by atoms with E-state index in [4.69, 9.17) is 0 Å². The predicted octanol–water partition coefficient (Wildman–Crippen LogP) is 4.19. The van der Waals surface area contributed by atoms with Gasteiger partial charge in [-0.25, -0.2) is 0 Å². The second kappa shape index (κ2) is 7.12. The van der Waals surface area contributed by atoms with Gasteiger partial charge in [0.25, 0.3) is 5.91 Å². The Balaban J connectivity index is 1.24. The predicted molar refractivity (Wildman–Crippen MR) is 121 cm³/mol. The fourth-order valence-corrected chi connectivity index (χ4v) is 5.49. The van der Waals surface area contributed by atoms with Gasteiger partial charge in [0.1, 0.15) is 0 Å². The van der Waals surface area contributed by atoms with Crippen LogP contribution in [0.15, 0.2) is 72.9 Å². The zero-order valence-corrected chi connectivity index (χ0v) is 17.3. The zero-order chi connectivity index (χ0) is 21.8. The van der Waals surface area contributed by atoms with E-state index in [1.54, 1.807) is 30.5 Å². The third-order valence-corrected chi connectivity index (χ3v) is 7.03. The van der Waals surface area contributed by atoms with E-state index in [2.05, 4.69) is 22.5 Å². The van der Waals surface area contributed by atoms with Gasteiger partial charge in [-0.15, -0.1) is 0 Å². The smallest absolute Gasteiger partial charge is 0.255 e. The fourth-order valence-electron chi connectivity index (χ4n) is 5.49. The Morgan fingerprint density at radius 2 is 1.53 bits per heavy atom. The molecule has 3 aromatic rings. The van der Waals surface area contributed by atoms with E-state index in [0.717, 1.165) is 23.7 Å². The number of anilines is 2. The topological polar surface area (TPSA) is 79.4 Å². The number of aromatic nitrogens is 1. The van der Waals surface area contributed by atoms with Gasteiger partial charge in [0.2, 0.25) is 11.8 Å². The van der Waals surface area contributed by atoms with Crippen molar-refractivity contribution in [3.63, 3.8) is 0 Å². The summed E-state index contributed by atoms with van der Waals surface area (Å²) in [4.78, 5) is 44.7. The molecule has 3 aliphatic carbocycles. The van der Waals surface area contributed by atoms with E-state index < -0.39 is 0 Å². The number of nitrogens with one attached hydrogen (secondary N) is 1. The fraction of sp³-hybridized carbons (Fsp3) is 0.231. The maximum Gasteiger partial charge on any atom is 0.255 e. The quantitative estimate of drug-likeness (QED) is 0.506. The average molecular weight is 423 g/mol. The highest BCUT2D eigenvalue weighted by molar-refractivity contribution is 6.22. The molecule has 32 heavy (non-hydrogen) atoms. The maximum atomic E-state index is 13.1. The third-order valence-electron chi connectivity index (χ3n) is 7.03. The van der Waals surface area contributed by atoms with Gasteiger partial charge >= 0.3 is 0 Å². The van der Waals surface area contributed by atoms with Crippen molar-refractivity contribution in [2.24, 2.45) is 23.7 Å².